The van der Waals surface area contributed by atoms with E-state index in [4.69, 9.17) is 27.9 Å². The van der Waals surface area contributed by atoms with Gasteiger partial charge in [-0.2, -0.15) is 4.31 Å². The molecule has 3 rings (SSSR count). The third kappa shape index (κ3) is 4.23. The van der Waals surface area contributed by atoms with E-state index in [9.17, 15) is 8.42 Å². The maximum absolute atomic E-state index is 12.7. The van der Waals surface area contributed by atoms with E-state index in [1.807, 2.05) is 0 Å². The molecule has 1 N–H and O–H groups in total. The number of piperazine rings is 1. The second-order valence-electron chi connectivity index (χ2n) is 6.42. The Hall–Kier alpha value is -0.370. The van der Waals surface area contributed by atoms with E-state index < -0.39 is 10.0 Å². The van der Waals surface area contributed by atoms with Crippen LogP contribution in [0, 0.1) is 0 Å². The Kier molecular flexibility index (Phi) is 6.06. The first-order valence-electron chi connectivity index (χ1n) is 8.37. The van der Waals surface area contributed by atoms with Crippen LogP contribution in [-0.2, 0) is 14.8 Å². The van der Waals surface area contributed by atoms with Crippen molar-refractivity contribution >= 4 is 33.2 Å². The molecule has 24 heavy (non-hydrogen) atoms. The van der Waals surface area contributed by atoms with Gasteiger partial charge in [-0.25, -0.2) is 8.42 Å². The molecule has 8 heteroatoms. The molecule has 2 fully saturated rings. The summed E-state index contributed by atoms with van der Waals surface area (Å²) < 4.78 is 32.8. The molecule has 0 aromatic heterocycles. The van der Waals surface area contributed by atoms with Crippen LogP contribution in [-0.4, -0.2) is 58.2 Å². The summed E-state index contributed by atoms with van der Waals surface area (Å²) in [5.74, 6) is 0. The van der Waals surface area contributed by atoms with Crippen LogP contribution >= 0.6 is 23.2 Å². The number of nitrogens with one attached hydrogen (secondary N) is 1. The van der Waals surface area contributed by atoms with Crippen molar-refractivity contribution in [2.24, 2.45) is 0 Å². The van der Waals surface area contributed by atoms with Gasteiger partial charge in [-0.3, -0.25) is 0 Å². The number of benzene rings is 1. The molecule has 1 atom stereocenters. The van der Waals surface area contributed by atoms with Crippen LogP contribution in [0.15, 0.2) is 23.1 Å². The van der Waals surface area contributed by atoms with Gasteiger partial charge in [0, 0.05) is 6.61 Å². The van der Waals surface area contributed by atoms with Gasteiger partial charge in [0.1, 0.15) is 12.6 Å². The number of hydrogen-bond acceptors (Lipinski definition) is 3. The zero-order valence-electron chi connectivity index (χ0n) is 13.5. The maximum Gasteiger partial charge on any atom is 0.243 e. The minimum atomic E-state index is -3.51. The van der Waals surface area contributed by atoms with Crippen LogP contribution in [0.4, 0.5) is 0 Å². The highest BCUT2D eigenvalue weighted by Crippen LogP contribution is 2.26. The molecule has 0 radical (unpaired) electrons. The van der Waals surface area contributed by atoms with Gasteiger partial charge in [-0.1, -0.05) is 23.2 Å². The largest absolute Gasteiger partial charge is 0.372 e. The molecule has 5 nitrogen and oxygen atoms in total. The van der Waals surface area contributed by atoms with E-state index in [0.29, 0.717) is 24.2 Å². The third-order valence-electron chi connectivity index (χ3n) is 4.75. The molecule has 1 aromatic rings. The van der Waals surface area contributed by atoms with E-state index in [2.05, 4.69) is 0 Å². The molecule has 0 saturated carbocycles. The Morgan fingerprint density at radius 2 is 1.92 bits per heavy atom. The molecule has 0 unspecified atom stereocenters. The lowest BCUT2D eigenvalue weighted by Crippen LogP contribution is -3.15. The van der Waals surface area contributed by atoms with E-state index in [0.717, 1.165) is 39.1 Å². The van der Waals surface area contributed by atoms with Crippen molar-refractivity contribution in [3.8, 4) is 0 Å². The lowest BCUT2D eigenvalue weighted by atomic mass is 10.1. The van der Waals surface area contributed by atoms with Crippen LogP contribution in [0.3, 0.4) is 0 Å². The van der Waals surface area contributed by atoms with Gasteiger partial charge in [-0.05, 0) is 37.5 Å². The molecule has 2 aliphatic heterocycles. The second kappa shape index (κ2) is 7.89. The predicted molar refractivity (Wildman–Crippen MR) is 94.4 cm³/mol. The average Bonchev–Trinajstić information content (AvgIpc) is 2.58. The fourth-order valence-corrected chi connectivity index (χ4v) is 5.15. The predicted octanol–water partition coefficient (Wildman–Crippen LogP) is 1.45. The van der Waals surface area contributed by atoms with Crippen molar-refractivity contribution in [1.29, 1.82) is 0 Å². The van der Waals surface area contributed by atoms with Crippen molar-refractivity contribution in [2.45, 2.75) is 30.3 Å². The van der Waals surface area contributed by atoms with Gasteiger partial charge >= 0.3 is 0 Å². The Labute approximate surface area is 153 Å². The molecule has 0 aliphatic carbocycles. The number of ether oxygens (including phenoxy) is 1. The molecule has 0 bridgehead atoms. The minimum absolute atomic E-state index is 0.205. The van der Waals surface area contributed by atoms with Crippen molar-refractivity contribution < 1.29 is 18.1 Å². The summed E-state index contributed by atoms with van der Waals surface area (Å²) in [4.78, 5) is 1.62. The van der Waals surface area contributed by atoms with E-state index in [-0.39, 0.29) is 9.92 Å². The van der Waals surface area contributed by atoms with Crippen molar-refractivity contribution in [2.75, 3.05) is 39.3 Å². The summed E-state index contributed by atoms with van der Waals surface area (Å²) in [5, 5.41) is 0.619. The lowest BCUT2D eigenvalue weighted by Gasteiger charge is -2.34. The molecule has 0 amide bonds. The molecular formula is C16H23Cl2N2O3S+. The Morgan fingerprint density at radius 1 is 1.17 bits per heavy atom. The number of quaternary nitrogens is 1. The second-order valence-corrected chi connectivity index (χ2v) is 9.18. The number of hydrogen-bond donors (Lipinski definition) is 1. The summed E-state index contributed by atoms with van der Waals surface area (Å²) in [6.07, 6.45) is 3.83. The zero-order valence-corrected chi connectivity index (χ0v) is 15.8. The van der Waals surface area contributed by atoms with E-state index in [1.54, 1.807) is 0 Å². The van der Waals surface area contributed by atoms with E-state index >= 15 is 0 Å². The monoisotopic (exact) mass is 393 g/mol. The lowest BCUT2D eigenvalue weighted by molar-refractivity contribution is -0.907. The highest BCUT2D eigenvalue weighted by Gasteiger charge is 2.32. The van der Waals surface area contributed by atoms with Crippen LogP contribution in [0.5, 0.6) is 0 Å². The van der Waals surface area contributed by atoms with Gasteiger partial charge in [0.05, 0.1) is 41.1 Å². The molecule has 2 aliphatic rings. The molecular weight excluding hydrogens is 371 g/mol. The molecule has 134 valence electrons. The standard InChI is InChI=1S/C16H22Cl2N2O3S/c17-15-5-4-14(11-16(15)18)24(21,22)20-8-6-19(7-9-20)12-13-3-1-2-10-23-13/h4-5,11,13H,1-3,6-10,12H2/p+1/t13-/m0/s1. The minimum Gasteiger partial charge on any atom is -0.372 e. The maximum atomic E-state index is 12.7. The highest BCUT2D eigenvalue weighted by molar-refractivity contribution is 7.89. The topological polar surface area (TPSA) is 51.0 Å². The first kappa shape index (κ1) is 18.4. The molecule has 2 heterocycles. The van der Waals surface area contributed by atoms with Crippen molar-refractivity contribution in [1.82, 2.24) is 4.31 Å². The fourth-order valence-electron chi connectivity index (χ4n) is 3.32. The smallest absolute Gasteiger partial charge is 0.243 e. The van der Waals surface area contributed by atoms with Gasteiger partial charge < -0.3 is 9.64 Å². The number of nitrogens with zero attached hydrogens (tertiary/aromatic N) is 1. The van der Waals surface area contributed by atoms with Crippen molar-refractivity contribution in [3.05, 3.63) is 28.2 Å². The summed E-state index contributed by atoms with van der Waals surface area (Å²) in [6, 6.07) is 4.46. The fraction of sp³-hybridized carbons (Fsp3) is 0.625. The molecule has 1 aromatic carbocycles. The van der Waals surface area contributed by atoms with Crippen LogP contribution in [0.25, 0.3) is 0 Å². The first-order chi connectivity index (χ1) is 11.5. The van der Waals surface area contributed by atoms with Gasteiger partial charge in [0.15, 0.2) is 0 Å². The zero-order chi connectivity index (χ0) is 17.2. The number of halogens is 2. The molecule has 2 saturated heterocycles. The van der Waals surface area contributed by atoms with Gasteiger partial charge in [0.25, 0.3) is 0 Å². The highest BCUT2D eigenvalue weighted by atomic mass is 35.5. The molecule has 0 spiro atoms. The Bertz CT molecular complexity index is 670. The van der Waals surface area contributed by atoms with Crippen molar-refractivity contribution in [3.63, 3.8) is 0 Å². The number of sulfonamides is 1. The summed E-state index contributed by atoms with van der Waals surface area (Å²) >= 11 is 11.8. The van der Waals surface area contributed by atoms with Crippen LogP contribution in [0.2, 0.25) is 10.0 Å². The SMILES string of the molecule is O=S(=O)(c1ccc(Cl)c(Cl)c1)N1CC[NH+](C[C@@H]2CCCCO2)CC1. The normalized spacial score (nSPS) is 24.2. The van der Waals surface area contributed by atoms with Gasteiger partial charge in [0.2, 0.25) is 10.0 Å². The Morgan fingerprint density at radius 3 is 2.54 bits per heavy atom. The van der Waals surface area contributed by atoms with Crippen LogP contribution in [0.1, 0.15) is 19.3 Å². The first-order valence-corrected chi connectivity index (χ1v) is 10.6. The summed E-state index contributed by atoms with van der Waals surface area (Å²) in [6.45, 7) is 4.48. The summed E-state index contributed by atoms with van der Waals surface area (Å²) in [7, 11) is -3.51. The number of rotatable bonds is 4. The van der Waals surface area contributed by atoms with Crippen LogP contribution < -0.4 is 4.90 Å². The average molecular weight is 394 g/mol. The third-order valence-corrected chi connectivity index (χ3v) is 7.38. The summed E-state index contributed by atoms with van der Waals surface area (Å²) in [5.41, 5.74) is 0. The van der Waals surface area contributed by atoms with E-state index in [1.165, 1.54) is 33.8 Å². The Balaban J connectivity index is 1.59. The quantitative estimate of drug-likeness (QED) is 0.841. The van der Waals surface area contributed by atoms with Gasteiger partial charge in [-0.15, -0.1) is 0 Å².